The number of amides is 5. The number of carboxylic acid groups (broad SMARTS) is 1. The van der Waals surface area contributed by atoms with Crippen LogP contribution in [0.3, 0.4) is 0 Å². The first-order chi connectivity index (χ1) is 18.5. The Bertz CT molecular complexity index is 1360. The second-order valence-electron chi connectivity index (χ2n) is 8.71. The fourth-order valence-electron chi connectivity index (χ4n) is 4.26. The molecule has 5 N–H and O–H groups in total. The third-order valence-corrected chi connectivity index (χ3v) is 6.27. The third-order valence-electron chi connectivity index (χ3n) is 6.27. The number of carboxylic acids is 1. The summed E-state index contributed by atoms with van der Waals surface area (Å²) in [5.41, 5.74) is -0.457. The van der Waals surface area contributed by atoms with Crippen LogP contribution in [0.4, 0.5) is 9.18 Å². The van der Waals surface area contributed by atoms with E-state index in [1.807, 2.05) is 0 Å². The predicted octanol–water partition coefficient (Wildman–Crippen LogP) is -0.794. The van der Waals surface area contributed by atoms with Crippen molar-refractivity contribution >= 4 is 36.8 Å². The Hall–Kier alpha value is -4.73. The number of carbonyl (C=O) groups is 5. The summed E-state index contributed by atoms with van der Waals surface area (Å²) in [6.07, 6.45) is 0.753. The number of nitrogens with one attached hydrogen (secondary N) is 2. The molecule has 1 saturated heterocycles. The van der Waals surface area contributed by atoms with Gasteiger partial charge >= 0.3 is 30.9 Å². The van der Waals surface area contributed by atoms with Crippen LogP contribution < -0.4 is 15.3 Å². The molecule has 2 aromatic rings. The first-order valence-corrected chi connectivity index (χ1v) is 11.8. The van der Waals surface area contributed by atoms with Crippen LogP contribution in [-0.4, -0.2) is 92.4 Å². The largest absolute Gasteiger partial charge is 0.547 e. The lowest BCUT2D eigenvalue weighted by atomic mass is 9.72. The SMILES string of the molecule is CCN1CCN(C(=O)NC(C(=O)N[C@H]2Cc3cccc(C(=O)O)c3OB2O)c2ncc(O)cc2F)C(=O)C1=O. The van der Waals surface area contributed by atoms with Crippen LogP contribution in [0.1, 0.15) is 34.6 Å². The molecule has 0 aliphatic carbocycles. The molecular weight excluding hydrogens is 520 g/mol. The van der Waals surface area contributed by atoms with Gasteiger partial charge in [0.15, 0.2) is 11.9 Å². The van der Waals surface area contributed by atoms with Crippen molar-refractivity contribution in [3.63, 3.8) is 0 Å². The van der Waals surface area contributed by atoms with E-state index in [0.29, 0.717) is 16.5 Å². The van der Waals surface area contributed by atoms with Crippen molar-refractivity contribution < 1.29 is 48.3 Å². The molecule has 39 heavy (non-hydrogen) atoms. The number of rotatable bonds is 6. The van der Waals surface area contributed by atoms with E-state index in [2.05, 4.69) is 15.6 Å². The number of pyridine rings is 1. The summed E-state index contributed by atoms with van der Waals surface area (Å²) in [6.45, 7) is 1.78. The number of imide groups is 1. The second kappa shape index (κ2) is 10.9. The fourth-order valence-corrected chi connectivity index (χ4v) is 4.26. The van der Waals surface area contributed by atoms with Crippen molar-refractivity contribution in [2.45, 2.75) is 25.3 Å². The molecule has 1 aromatic heterocycles. The van der Waals surface area contributed by atoms with Crippen LogP contribution in [-0.2, 0) is 20.8 Å². The number of fused-ring (bicyclic) bond motifs is 1. The number of nitrogens with zero attached hydrogens (tertiary/aromatic N) is 3. The molecule has 2 aliphatic rings. The van der Waals surface area contributed by atoms with Gasteiger partial charge < -0.3 is 35.4 Å². The summed E-state index contributed by atoms with van der Waals surface area (Å²) in [4.78, 5) is 67.9. The second-order valence-corrected chi connectivity index (χ2v) is 8.71. The molecule has 14 nitrogen and oxygen atoms in total. The molecule has 0 spiro atoms. The van der Waals surface area contributed by atoms with Crippen molar-refractivity contribution in [1.29, 1.82) is 0 Å². The van der Waals surface area contributed by atoms with Crippen molar-refractivity contribution in [3.05, 3.63) is 53.1 Å². The van der Waals surface area contributed by atoms with Gasteiger partial charge in [0, 0.05) is 25.7 Å². The van der Waals surface area contributed by atoms with E-state index in [9.17, 15) is 43.6 Å². The van der Waals surface area contributed by atoms with Crippen molar-refractivity contribution in [2.75, 3.05) is 19.6 Å². The lowest BCUT2D eigenvalue weighted by molar-refractivity contribution is -0.153. The van der Waals surface area contributed by atoms with Crippen LogP contribution in [0.25, 0.3) is 0 Å². The Labute approximate surface area is 220 Å². The third kappa shape index (κ3) is 5.45. The predicted molar refractivity (Wildman–Crippen MR) is 129 cm³/mol. The number of hydrogen-bond acceptors (Lipinski definition) is 9. The molecule has 0 radical (unpaired) electrons. The number of carbonyl (C=O) groups excluding carboxylic acids is 4. The minimum atomic E-state index is -1.87. The molecular formula is C23H23BFN5O9. The van der Waals surface area contributed by atoms with Crippen LogP contribution in [0.5, 0.6) is 11.5 Å². The van der Waals surface area contributed by atoms with Crippen LogP contribution >= 0.6 is 0 Å². The molecule has 1 aromatic carbocycles. The van der Waals surface area contributed by atoms with Gasteiger partial charge in [-0.15, -0.1) is 0 Å². The normalized spacial score (nSPS) is 17.7. The van der Waals surface area contributed by atoms with Gasteiger partial charge in [-0.1, -0.05) is 12.1 Å². The molecule has 1 fully saturated rings. The summed E-state index contributed by atoms with van der Waals surface area (Å²) in [5.74, 6) is -7.37. The molecule has 204 valence electrons. The average Bonchev–Trinajstić information content (AvgIpc) is 2.89. The van der Waals surface area contributed by atoms with Gasteiger partial charge in [0.1, 0.15) is 17.2 Å². The van der Waals surface area contributed by atoms with E-state index in [-0.39, 0.29) is 37.4 Å². The van der Waals surface area contributed by atoms with E-state index in [4.69, 9.17) is 4.65 Å². The fraction of sp³-hybridized carbons (Fsp3) is 0.304. The number of para-hydroxylation sites is 1. The monoisotopic (exact) mass is 543 g/mol. The van der Waals surface area contributed by atoms with E-state index in [1.165, 1.54) is 23.1 Å². The topological polar surface area (TPSA) is 199 Å². The Balaban J connectivity index is 1.58. The molecule has 5 amide bonds. The van der Waals surface area contributed by atoms with Gasteiger partial charge in [-0.05, 0) is 25.0 Å². The maximum atomic E-state index is 14.7. The zero-order valence-electron chi connectivity index (χ0n) is 20.5. The summed E-state index contributed by atoms with van der Waals surface area (Å²) in [6, 6.07) is 1.89. The number of hydrogen-bond donors (Lipinski definition) is 5. The van der Waals surface area contributed by atoms with Crippen molar-refractivity contribution in [2.24, 2.45) is 0 Å². The highest BCUT2D eigenvalue weighted by Gasteiger charge is 2.41. The standard InChI is InChI=1S/C23H23BFN5O9/c1-2-29-6-7-30(21(34)20(29)33)23(37)28-17(16-14(25)9-12(31)10-26-16)19(32)27-15-8-11-4-3-5-13(22(35)36)18(11)39-24(15)38/h3-5,9-10,15,17,31,38H,2,6-8H2,1H3,(H,27,32)(H,28,37)(H,35,36)/t15-,17?/m0/s1. The zero-order chi connectivity index (χ0) is 28.4. The molecule has 2 aliphatic heterocycles. The van der Waals surface area contributed by atoms with Gasteiger partial charge in [0.2, 0.25) is 5.91 Å². The highest BCUT2D eigenvalue weighted by atomic mass is 19.1. The van der Waals surface area contributed by atoms with E-state index < -0.39 is 66.1 Å². The number of likely N-dealkylation sites (N-methyl/N-ethyl adjacent to an activating group) is 1. The van der Waals surface area contributed by atoms with Gasteiger partial charge in [-0.25, -0.2) is 14.0 Å². The van der Waals surface area contributed by atoms with Gasteiger partial charge in [0.25, 0.3) is 0 Å². The summed E-state index contributed by atoms with van der Waals surface area (Å²) >= 11 is 0. The number of aromatic nitrogens is 1. The molecule has 2 atom stereocenters. The number of piperazine rings is 1. The maximum Gasteiger partial charge on any atom is 0.547 e. The van der Waals surface area contributed by atoms with Gasteiger partial charge in [0.05, 0.1) is 17.7 Å². The zero-order valence-corrected chi connectivity index (χ0v) is 20.5. The lowest BCUT2D eigenvalue weighted by Crippen LogP contribution is -2.60. The van der Waals surface area contributed by atoms with Crippen LogP contribution in [0, 0.1) is 5.82 Å². The average molecular weight is 543 g/mol. The molecule has 4 rings (SSSR count). The molecule has 1 unspecified atom stereocenters. The van der Waals surface area contributed by atoms with Crippen molar-refractivity contribution in [1.82, 2.24) is 25.4 Å². The molecule has 0 saturated carbocycles. The summed E-state index contributed by atoms with van der Waals surface area (Å²) in [7, 11) is -1.71. The smallest absolute Gasteiger partial charge is 0.534 e. The van der Waals surface area contributed by atoms with E-state index in [0.717, 1.165) is 6.20 Å². The van der Waals surface area contributed by atoms with Gasteiger partial charge in [-0.3, -0.25) is 24.3 Å². The van der Waals surface area contributed by atoms with E-state index in [1.54, 1.807) is 6.92 Å². The summed E-state index contributed by atoms with van der Waals surface area (Å²) < 4.78 is 20.1. The highest BCUT2D eigenvalue weighted by Crippen LogP contribution is 2.30. The number of aromatic carboxylic acids is 1. The number of halogens is 1. The minimum absolute atomic E-state index is 0.0561. The Morgan fingerprint density at radius 3 is 2.67 bits per heavy atom. The first kappa shape index (κ1) is 27.3. The van der Waals surface area contributed by atoms with Crippen molar-refractivity contribution in [3.8, 4) is 11.5 Å². The number of benzene rings is 1. The highest BCUT2D eigenvalue weighted by molar-refractivity contribution is 6.47. The first-order valence-electron chi connectivity index (χ1n) is 11.8. The minimum Gasteiger partial charge on any atom is -0.534 e. The number of aromatic hydroxyl groups is 1. The molecule has 16 heteroatoms. The Kier molecular flexibility index (Phi) is 7.67. The lowest BCUT2D eigenvalue weighted by Gasteiger charge is -2.33. The van der Waals surface area contributed by atoms with E-state index >= 15 is 0 Å². The Morgan fingerprint density at radius 2 is 2.00 bits per heavy atom. The summed E-state index contributed by atoms with van der Waals surface area (Å²) in [5, 5.41) is 34.0. The molecule has 3 heterocycles. The van der Waals surface area contributed by atoms with Crippen LogP contribution in [0.15, 0.2) is 30.5 Å². The van der Waals surface area contributed by atoms with Gasteiger partial charge in [-0.2, -0.15) is 0 Å². The molecule has 0 bridgehead atoms. The maximum absolute atomic E-state index is 14.7. The Morgan fingerprint density at radius 1 is 1.26 bits per heavy atom. The van der Waals surface area contributed by atoms with Crippen LogP contribution in [0.2, 0.25) is 0 Å². The quantitative estimate of drug-likeness (QED) is 0.227. The number of urea groups is 1.